The molecule has 0 aliphatic carbocycles. The van der Waals surface area contributed by atoms with Gasteiger partial charge in [-0.05, 0) is 30.7 Å². The van der Waals surface area contributed by atoms with Crippen LogP contribution in [0, 0.1) is 0 Å². The first-order valence-corrected chi connectivity index (χ1v) is 8.98. The van der Waals surface area contributed by atoms with Crippen molar-refractivity contribution >= 4 is 35.9 Å². The molecule has 1 aromatic carbocycles. The van der Waals surface area contributed by atoms with Gasteiger partial charge in [-0.25, -0.2) is 15.0 Å². The second kappa shape index (κ2) is 10.9. The molecule has 2 heterocycles. The van der Waals surface area contributed by atoms with Gasteiger partial charge in [0.25, 0.3) is 0 Å². The van der Waals surface area contributed by atoms with Gasteiger partial charge < -0.3 is 19.9 Å². The fraction of sp³-hybridized carbons (Fsp3) is 0.421. The fourth-order valence-corrected chi connectivity index (χ4v) is 2.94. The normalized spacial score (nSPS) is 14.5. The molecule has 1 aliphatic heterocycles. The van der Waals surface area contributed by atoms with Gasteiger partial charge in [-0.15, -0.1) is 24.0 Å². The summed E-state index contributed by atoms with van der Waals surface area (Å²) in [6, 6.07) is 9.88. The molecule has 2 aromatic rings. The van der Waals surface area contributed by atoms with Crippen LogP contribution in [-0.2, 0) is 6.54 Å². The zero-order chi connectivity index (χ0) is 18.2. The van der Waals surface area contributed by atoms with E-state index in [4.69, 9.17) is 9.73 Å². The summed E-state index contributed by atoms with van der Waals surface area (Å²) in [4.78, 5) is 18.0. The number of aliphatic imine (C=N–C) groups is 1. The van der Waals surface area contributed by atoms with Crippen LogP contribution in [0.2, 0.25) is 0 Å². The van der Waals surface area contributed by atoms with Crippen LogP contribution < -0.4 is 15.0 Å². The average Bonchev–Trinajstić information content (AvgIpc) is 2.72. The Labute approximate surface area is 177 Å². The van der Waals surface area contributed by atoms with Gasteiger partial charge in [0, 0.05) is 45.1 Å². The van der Waals surface area contributed by atoms with E-state index < -0.39 is 0 Å². The van der Waals surface area contributed by atoms with Gasteiger partial charge in [-0.3, -0.25) is 0 Å². The van der Waals surface area contributed by atoms with Gasteiger partial charge in [-0.2, -0.15) is 0 Å². The predicted octanol–water partition coefficient (Wildman–Crippen LogP) is 2.39. The van der Waals surface area contributed by atoms with E-state index in [9.17, 15) is 0 Å². The third kappa shape index (κ3) is 5.95. The Morgan fingerprint density at radius 2 is 1.89 bits per heavy atom. The minimum atomic E-state index is 0. The smallest absolute Gasteiger partial charge is 0.225 e. The van der Waals surface area contributed by atoms with Crippen molar-refractivity contribution in [3.8, 4) is 5.75 Å². The van der Waals surface area contributed by atoms with Crippen LogP contribution in [0.4, 0.5) is 5.95 Å². The van der Waals surface area contributed by atoms with Gasteiger partial charge in [0.15, 0.2) is 5.96 Å². The van der Waals surface area contributed by atoms with E-state index in [-0.39, 0.29) is 24.0 Å². The Balaban J connectivity index is 0.00000261. The van der Waals surface area contributed by atoms with E-state index >= 15 is 0 Å². The van der Waals surface area contributed by atoms with Crippen molar-refractivity contribution in [3.05, 3.63) is 48.3 Å². The van der Waals surface area contributed by atoms with E-state index in [1.807, 2.05) is 24.3 Å². The Morgan fingerprint density at radius 1 is 1.15 bits per heavy atom. The number of benzene rings is 1. The Bertz CT molecular complexity index is 719. The molecule has 146 valence electrons. The van der Waals surface area contributed by atoms with Gasteiger partial charge >= 0.3 is 0 Å². The minimum absolute atomic E-state index is 0. The first-order chi connectivity index (χ1) is 12.8. The summed E-state index contributed by atoms with van der Waals surface area (Å²) in [5.41, 5.74) is 1.14. The van der Waals surface area contributed by atoms with Gasteiger partial charge in [-0.1, -0.05) is 12.1 Å². The highest BCUT2D eigenvalue weighted by molar-refractivity contribution is 14.0. The fourth-order valence-electron chi connectivity index (χ4n) is 2.94. The zero-order valence-electron chi connectivity index (χ0n) is 15.8. The summed E-state index contributed by atoms with van der Waals surface area (Å²) in [5.74, 6) is 2.61. The molecule has 1 aliphatic rings. The number of halogens is 1. The lowest BCUT2D eigenvalue weighted by Gasteiger charge is -2.36. The first kappa shape index (κ1) is 21.2. The SMILES string of the molecule is CCNC(=NCc1cccc(OC)c1)N1CCN(c2ncccn2)CC1.I. The lowest BCUT2D eigenvalue weighted by atomic mass is 10.2. The summed E-state index contributed by atoms with van der Waals surface area (Å²) >= 11 is 0. The number of ether oxygens (including phenoxy) is 1. The molecule has 1 saturated heterocycles. The molecule has 0 saturated carbocycles. The van der Waals surface area contributed by atoms with Gasteiger partial charge in [0.1, 0.15) is 5.75 Å². The summed E-state index contributed by atoms with van der Waals surface area (Å²) < 4.78 is 5.29. The van der Waals surface area contributed by atoms with Crippen molar-refractivity contribution < 1.29 is 4.74 Å². The van der Waals surface area contributed by atoms with Crippen molar-refractivity contribution in [3.63, 3.8) is 0 Å². The Hall–Kier alpha value is -2.10. The predicted molar refractivity (Wildman–Crippen MR) is 119 cm³/mol. The quantitative estimate of drug-likeness (QED) is 0.401. The number of hydrogen-bond donors (Lipinski definition) is 1. The molecular formula is C19H27IN6O. The topological polar surface area (TPSA) is 65.9 Å². The summed E-state index contributed by atoms with van der Waals surface area (Å²) in [6.45, 7) is 7.11. The zero-order valence-corrected chi connectivity index (χ0v) is 18.2. The van der Waals surface area contributed by atoms with E-state index in [1.54, 1.807) is 19.5 Å². The maximum absolute atomic E-state index is 5.29. The number of rotatable bonds is 5. The lowest BCUT2D eigenvalue weighted by molar-refractivity contribution is 0.370. The Morgan fingerprint density at radius 3 is 2.56 bits per heavy atom. The number of aromatic nitrogens is 2. The van der Waals surface area contributed by atoms with E-state index in [1.165, 1.54) is 0 Å². The van der Waals surface area contributed by atoms with Crippen molar-refractivity contribution in [1.29, 1.82) is 0 Å². The molecule has 8 heteroatoms. The van der Waals surface area contributed by atoms with Crippen LogP contribution in [0.1, 0.15) is 12.5 Å². The second-order valence-corrected chi connectivity index (χ2v) is 6.04. The maximum Gasteiger partial charge on any atom is 0.225 e. The molecule has 1 fully saturated rings. The number of nitrogens with zero attached hydrogens (tertiary/aromatic N) is 5. The molecule has 0 radical (unpaired) electrons. The van der Waals surface area contributed by atoms with Crippen molar-refractivity contribution in [2.75, 3.05) is 44.7 Å². The van der Waals surface area contributed by atoms with Crippen LogP contribution in [-0.4, -0.2) is 60.7 Å². The molecule has 0 unspecified atom stereocenters. The summed E-state index contributed by atoms with van der Waals surface area (Å²) in [6.07, 6.45) is 3.57. The third-order valence-corrected chi connectivity index (χ3v) is 4.29. The molecule has 1 N–H and O–H groups in total. The number of guanidine groups is 1. The van der Waals surface area contributed by atoms with E-state index in [0.29, 0.717) is 6.54 Å². The molecular weight excluding hydrogens is 455 g/mol. The third-order valence-electron chi connectivity index (χ3n) is 4.29. The van der Waals surface area contributed by atoms with Gasteiger partial charge in [0.2, 0.25) is 5.95 Å². The number of nitrogens with one attached hydrogen (secondary N) is 1. The number of hydrogen-bond acceptors (Lipinski definition) is 5. The van der Waals surface area contributed by atoms with Crippen molar-refractivity contribution in [2.45, 2.75) is 13.5 Å². The van der Waals surface area contributed by atoms with Crippen LogP contribution in [0.3, 0.4) is 0 Å². The Kier molecular flexibility index (Phi) is 8.56. The maximum atomic E-state index is 5.29. The highest BCUT2D eigenvalue weighted by atomic mass is 127. The summed E-state index contributed by atoms with van der Waals surface area (Å²) in [7, 11) is 1.68. The monoisotopic (exact) mass is 482 g/mol. The molecule has 0 spiro atoms. The molecule has 0 bridgehead atoms. The number of anilines is 1. The van der Waals surface area contributed by atoms with E-state index in [0.717, 1.165) is 55.9 Å². The van der Waals surface area contributed by atoms with Crippen molar-refractivity contribution in [1.82, 2.24) is 20.2 Å². The average molecular weight is 482 g/mol. The van der Waals surface area contributed by atoms with Crippen LogP contribution >= 0.6 is 24.0 Å². The van der Waals surface area contributed by atoms with Crippen molar-refractivity contribution in [2.24, 2.45) is 4.99 Å². The first-order valence-electron chi connectivity index (χ1n) is 8.98. The minimum Gasteiger partial charge on any atom is -0.497 e. The van der Waals surface area contributed by atoms with E-state index in [2.05, 4.69) is 38.1 Å². The molecule has 1 aromatic heterocycles. The van der Waals surface area contributed by atoms with Crippen LogP contribution in [0.25, 0.3) is 0 Å². The van der Waals surface area contributed by atoms with Gasteiger partial charge in [0.05, 0.1) is 13.7 Å². The number of piperazine rings is 1. The highest BCUT2D eigenvalue weighted by Gasteiger charge is 2.20. The van der Waals surface area contributed by atoms with Crippen LogP contribution in [0.15, 0.2) is 47.7 Å². The molecule has 3 rings (SSSR count). The molecule has 27 heavy (non-hydrogen) atoms. The molecule has 0 atom stereocenters. The largest absolute Gasteiger partial charge is 0.497 e. The molecule has 0 amide bonds. The highest BCUT2D eigenvalue weighted by Crippen LogP contribution is 2.14. The van der Waals surface area contributed by atoms with Crippen LogP contribution in [0.5, 0.6) is 5.75 Å². The summed E-state index contributed by atoms with van der Waals surface area (Å²) in [5, 5.41) is 3.40. The number of methoxy groups -OCH3 is 1. The molecule has 7 nitrogen and oxygen atoms in total. The standard InChI is InChI=1S/C19H26N6O.HI/c1-3-20-18(23-15-16-6-4-7-17(14-16)26-2)24-10-12-25(13-11-24)19-21-8-5-9-22-19;/h4-9,14H,3,10-13,15H2,1-2H3,(H,20,23);1H. The lowest BCUT2D eigenvalue weighted by Crippen LogP contribution is -2.52. The second-order valence-electron chi connectivity index (χ2n) is 6.04.